The number of nitro groups is 1. The van der Waals surface area contributed by atoms with Gasteiger partial charge >= 0.3 is 5.69 Å². The van der Waals surface area contributed by atoms with E-state index in [1.54, 1.807) is 18.2 Å². The molecular weight excluding hydrogens is 258 g/mol. The van der Waals surface area contributed by atoms with Gasteiger partial charge in [0.25, 0.3) is 0 Å². The van der Waals surface area contributed by atoms with Crippen LogP contribution < -0.4 is 10.1 Å². The van der Waals surface area contributed by atoms with Crippen molar-refractivity contribution in [2.45, 2.75) is 25.8 Å². The topological polar surface area (TPSA) is 67.6 Å². The van der Waals surface area contributed by atoms with Crippen LogP contribution in [-0.4, -0.2) is 42.6 Å². The average molecular weight is 279 g/mol. The highest BCUT2D eigenvalue weighted by Crippen LogP contribution is 2.34. The average Bonchev–Trinajstić information content (AvgIpc) is 3.23. The molecule has 0 spiro atoms. The second-order valence-corrected chi connectivity index (χ2v) is 5.00. The van der Waals surface area contributed by atoms with E-state index in [0.29, 0.717) is 30.6 Å². The number of nitro benzene ring substituents is 1. The molecule has 1 aliphatic rings. The Morgan fingerprint density at radius 2 is 2.25 bits per heavy atom. The van der Waals surface area contributed by atoms with Crippen LogP contribution in [0.15, 0.2) is 18.2 Å². The van der Waals surface area contributed by atoms with E-state index in [-0.39, 0.29) is 5.69 Å². The fourth-order valence-electron chi connectivity index (χ4n) is 2.16. The summed E-state index contributed by atoms with van der Waals surface area (Å²) in [6.07, 6.45) is 2.49. The monoisotopic (exact) mass is 279 g/mol. The maximum atomic E-state index is 11.2. The Balaban J connectivity index is 2.01. The zero-order valence-electron chi connectivity index (χ0n) is 12.0. The number of para-hydroxylation sites is 1. The summed E-state index contributed by atoms with van der Waals surface area (Å²) in [5, 5.41) is 14.2. The number of nitrogens with one attached hydrogen (secondary N) is 1. The van der Waals surface area contributed by atoms with Gasteiger partial charge in [-0.3, -0.25) is 10.1 Å². The summed E-state index contributed by atoms with van der Waals surface area (Å²) in [6.45, 7) is 3.78. The molecule has 20 heavy (non-hydrogen) atoms. The Bertz CT molecular complexity index is 475. The van der Waals surface area contributed by atoms with Crippen LogP contribution in [0.2, 0.25) is 0 Å². The molecular formula is C14H21N3O3. The highest BCUT2D eigenvalue weighted by molar-refractivity contribution is 5.68. The molecule has 0 aromatic heterocycles. The fraction of sp³-hybridized carbons (Fsp3) is 0.571. The van der Waals surface area contributed by atoms with Crippen molar-refractivity contribution in [2.75, 3.05) is 32.1 Å². The van der Waals surface area contributed by atoms with E-state index in [0.717, 1.165) is 6.54 Å². The SMILES string of the molecule is CCNc1cccc(OCCN(C)C2CC2)c1[N+](=O)[O-]. The normalized spacial score (nSPS) is 14.3. The molecule has 0 atom stereocenters. The van der Waals surface area contributed by atoms with Gasteiger partial charge in [0.15, 0.2) is 5.75 Å². The van der Waals surface area contributed by atoms with Gasteiger partial charge in [0.2, 0.25) is 0 Å². The first-order chi connectivity index (χ1) is 9.63. The van der Waals surface area contributed by atoms with Gasteiger partial charge in [-0.1, -0.05) is 6.07 Å². The number of hydrogen-bond acceptors (Lipinski definition) is 5. The third kappa shape index (κ3) is 3.60. The lowest BCUT2D eigenvalue weighted by Crippen LogP contribution is -2.26. The number of nitrogens with zero attached hydrogens (tertiary/aromatic N) is 2. The second-order valence-electron chi connectivity index (χ2n) is 5.00. The van der Waals surface area contributed by atoms with E-state index >= 15 is 0 Å². The fourth-order valence-corrected chi connectivity index (χ4v) is 2.16. The summed E-state index contributed by atoms with van der Waals surface area (Å²) in [5.41, 5.74) is 0.522. The van der Waals surface area contributed by atoms with Crippen LogP contribution in [0.3, 0.4) is 0 Å². The third-order valence-electron chi connectivity index (χ3n) is 3.42. The molecule has 0 radical (unpaired) electrons. The molecule has 110 valence electrons. The van der Waals surface area contributed by atoms with Crippen molar-refractivity contribution in [2.24, 2.45) is 0 Å². The van der Waals surface area contributed by atoms with E-state index in [1.165, 1.54) is 12.8 Å². The first kappa shape index (κ1) is 14.6. The van der Waals surface area contributed by atoms with Crippen LogP contribution in [0.4, 0.5) is 11.4 Å². The lowest BCUT2D eigenvalue weighted by atomic mass is 10.2. The highest BCUT2D eigenvalue weighted by atomic mass is 16.6. The molecule has 1 aromatic rings. The van der Waals surface area contributed by atoms with Gasteiger partial charge in [-0.05, 0) is 38.9 Å². The number of likely N-dealkylation sites (N-methyl/N-ethyl adjacent to an activating group) is 1. The van der Waals surface area contributed by atoms with E-state index in [4.69, 9.17) is 4.74 Å². The number of hydrogen-bond donors (Lipinski definition) is 1. The summed E-state index contributed by atoms with van der Waals surface area (Å²) in [4.78, 5) is 13.1. The smallest absolute Gasteiger partial charge is 0.333 e. The van der Waals surface area contributed by atoms with Gasteiger partial charge in [-0.2, -0.15) is 0 Å². The molecule has 1 saturated carbocycles. The largest absolute Gasteiger partial charge is 0.485 e. The molecule has 0 heterocycles. The summed E-state index contributed by atoms with van der Waals surface area (Å²) in [7, 11) is 2.06. The third-order valence-corrected chi connectivity index (χ3v) is 3.42. The Morgan fingerprint density at radius 1 is 1.50 bits per heavy atom. The number of anilines is 1. The molecule has 6 nitrogen and oxygen atoms in total. The maximum absolute atomic E-state index is 11.2. The number of rotatable bonds is 8. The van der Waals surface area contributed by atoms with Crippen LogP contribution in [0.1, 0.15) is 19.8 Å². The van der Waals surface area contributed by atoms with Gasteiger partial charge in [0.1, 0.15) is 12.3 Å². The zero-order valence-corrected chi connectivity index (χ0v) is 12.0. The van der Waals surface area contributed by atoms with Gasteiger partial charge in [-0.25, -0.2) is 0 Å². The minimum atomic E-state index is -0.391. The van der Waals surface area contributed by atoms with Crippen LogP contribution >= 0.6 is 0 Å². The molecule has 0 aliphatic heterocycles. The summed E-state index contributed by atoms with van der Waals surface area (Å²) < 4.78 is 5.61. The van der Waals surface area contributed by atoms with Crippen molar-refractivity contribution in [3.05, 3.63) is 28.3 Å². The Morgan fingerprint density at radius 3 is 2.85 bits per heavy atom. The zero-order chi connectivity index (χ0) is 14.5. The summed E-state index contributed by atoms with van der Waals surface area (Å²) >= 11 is 0. The maximum Gasteiger partial charge on any atom is 0.333 e. The summed E-state index contributed by atoms with van der Waals surface area (Å²) in [5.74, 6) is 0.331. The molecule has 0 unspecified atom stereocenters. The Labute approximate surface area is 118 Å². The molecule has 1 N–H and O–H groups in total. The first-order valence-electron chi connectivity index (χ1n) is 6.97. The van der Waals surface area contributed by atoms with E-state index in [1.807, 2.05) is 6.92 Å². The molecule has 2 rings (SSSR count). The van der Waals surface area contributed by atoms with E-state index < -0.39 is 4.92 Å². The van der Waals surface area contributed by atoms with Gasteiger partial charge < -0.3 is 15.0 Å². The van der Waals surface area contributed by atoms with Crippen LogP contribution in [-0.2, 0) is 0 Å². The molecule has 1 aliphatic carbocycles. The molecule has 1 aromatic carbocycles. The van der Waals surface area contributed by atoms with Crippen molar-refractivity contribution in [1.29, 1.82) is 0 Å². The quantitative estimate of drug-likeness (QED) is 0.585. The van der Waals surface area contributed by atoms with Crippen LogP contribution in [0.25, 0.3) is 0 Å². The molecule has 0 amide bonds. The standard InChI is InChI=1S/C14H21N3O3/c1-3-15-12-5-4-6-13(14(12)17(18)19)20-10-9-16(2)11-7-8-11/h4-6,11,15H,3,7-10H2,1-2H3. The Kier molecular flexibility index (Phi) is 4.79. The predicted molar refractivity (Wildman–Crippen MR) is 78.4 cm³/mol. The lowest BCUT2D eigenvalue weighted by Gasteiger charge is -2.16. The predicted octanol–water partition coefficient (Wildman–Crippen LogP) is 2.50. The van der Waals surface area contributed by atoms with Crippen LogP contribution in [0.5, 0.6) is 5.75 Å². The van der Waals surface area contributed by atoms with Crippen LogP contribution in [0, 0.1) is 10.1 Å². The van der Waals surface area contributed by atoms with Crippen molar-refractivity contribution in [3.8, 4) is 5.75 Å². The lowest BCUT2D eigenvalue weighted by molar-refractivity contribution is -0.385. The van der Waals surface area contributed by atoms with Crippen molar-refractivity contribution in [1.82, 2.24) is 4.90 Å². The van der Waals surface area contributed by atoms with E-state index in [2.05, 4.69) is 17.3 Å². The highest BCUT2D eigenvalue weighted by Gasteiger charge is 2.26. The second kappa shape index (κ2) is 6.56. The number of ether oxygens (including phenoxy) is 1. The summed E-state index contributed by atoms with van der Waals surface area (Å²) in [6, 6.07) is 5.79. The van der Waals surface area contributed by atoms with Gasteiger partial charge in [-0.15, -0.1) is 0 Å². The van der Waals surface area contributed by atoms with Gasteiger partial charge in [0.05, 0.1) is 4.92 Å². The van der Waals surface area contributed by atoms with Crippen molar-refractivity contribution in [3.63, 3.8) is 0 Å². The van der Waals surface area contributed by atoms with Crippen molar-refractivity contribution >= 4 is 11.4 Å². The number of benzene rings is 1. The molecule has 0 bridgehead atoms. The minimum absolute atomic E-state index is 0.0171. The molecule has 1 fully saturated rings. The Hall–Kier alpha value is -1.82. The van der Waals surface area contributed by atoms with Crippen molar-refractivity contribution < 1.29 is 9.66 Å². The van der Waals surface area contributed by atoms with Gasteiger partial charge in [0, 0.05) is 19.1 Å². The minimum Gasteiger partial charge on any atom is -0.485 e. The first-order valence-corrected chi connectivity index (χ1v) is 6.97. The molecule has 6 heteroatoms. The van der Waals surface area contributed by atoms with E-state index in [9.17, 15) is 10.1 Å². The molecule has 0 saturated heterocycles.